The highest BCUT2D eigenvalue weighted by Crippen LogP contribution is 2.17. The lowest BCUT2D eigenvalue weighted by atomic mass is 10.2. The number of hydrogen-bond donors (Lipinski definition) is 2. The van der Waals surface area contributed by atoms with Crippen molar-refractivity contribution in [3.05, 3.63) is 0 Å². The fourth-order valence-corrected chi connectivity index (χ4v) is 1.07. The normalized spacial score (nSPS) is 20.0. The van der Waals surface area contributed by atoms with Crippen molar-refractivity contribution in [2.24, 2.45) is 16.6 Å². The molecule has 0 aliphatic heterocycles. The molecule has 0 bridgehead atoms. The Labute approximate surface area is 79.6 Å². The van der Waals surface area contributed by atoms with Crippen molar-refractivity contribution >= 4 is 5.96 Å². The Morgan fingerprint density at radius 1 is 1.69 bits per heavy atom. The van der Waals surface area contributed by atoms with Gasteiger partial charge in [0.1, 0.15) is 0 Å². The van der Waals surface area contributed by atoms with Crippen LogP contribution in [0.3, 0.4) is 0 Å². The van der Waals surface area contributed by atoms with Crippen molar-refractivity contribution in [1.82, 2.24) is 5.32 Å². The molecule has 0 aromatic carbocycles. The summed E-state index contributed by atoms with van der Waals surface area (Å²) in [6, 6.07) is 0.585. The van der Waals surface area contributed by atoms with Crippen molar-refractivity contribution in [3.8, 4) is 0 Å². The Morgan fingerprint density at radius 3 is 2.92 bits per heavy atom. The molecule has 13 heavy (non-hydrogen) atoms. The summed E-state index contributed by atoms with van der Waals surface area (Å²) < 4.78 is 5.00. The van der Waals surface area contributed by atoms with E-state index in [1.54, 1.807) is 7.11 Å². The predicted molar refractivity (Wildman–Crippen MR) is 53.7 cm³/mol. The van der Waals surface area contributed by atoms with E-state index in [2.05, 4.69) is 17.2 Å². The van der Waals surface area contributed by atoms with Crippen molar-refractivity contribution in [2.45, 2.75) is 25.8 Å². The van der Waals surface area contributed by atoms with Crippen LogP contribution in [0.1, 0.15) is 19.8 Å². The van der Waals surface area contributed by atoms with Gasteiger partial charge in [-0.1, -0.05) is 6.92 Å². The minimum atomic E-state index is 0.435. The second-order valence-corrected chi connectivity index (χ2v) is 3.71. The first-order valence-electron chi connectivity index (χ1n) is 4.77. The SMILES string of the molecule is COCC(C)CN=C(N)NC1CC1. The van der Waals surface area contributed by atoms with Crippen molar-refractivity contribution < 1.29 is 4.74 Å². The second kappa shape index (κ2) is 5.07. The zero-order valence-corrected chi connectivity index (χ0v) is 8.42. The Bertz CT molecular complexity index is 178. The maximum atomic E-state index is 5.66. The molecule has 76 valence electrons. The summed E-state index contributed by atoms with van der Waals surface area (Å²) in [6.45, 7) is 3.57. The lowest BCUT2D eigenvalue weighted by Gasteiger charge is -2.08. The van der Waals surface area contributed by atoms with Gasteiger partial charge in [0.25, 0.3) is 0 Å². The first kappa shape index (κ1) is 10.3. The Kier molecular flexibility index (Phi) is 4.02. The van der Waals surface area contributed by atoms with E-state index < -0.39 is 0 Å². The molecular formula is C9H19N3O. The zero-order chi connectivity index (χ0) is 9.68. The van der Waals surface area contributed by atoms with E-state index in [1.165, 1.54) is 12.8 Å². The number of methoxy groups -OCH3 is 1. The third-order valence-corrected chi connectivity index (χ3v) is 1.95. The molecule has 1 saturated carbocycles. The number of rotatable bonds is 5. The molecule has 0 amide bonds. The molecule has 1 aliphatic carbocycles. The average molecular weight is 185 g/mol. The molecule has 0 aromatic heterocycles. The molecule has 1 atom stereocenters. The van der Waals surface area contributed by atoms with Crippen LogP contribution in [0.5, 0.6) is 0 Å². The van der Waals surface area contributed by atoms with E-state index in [1.807, 2.05) is 0 Å². The highest BCUT2D eigenvalue weighted by molar-refractivity contribution is 5.78. The molecule has 4 nitrogen and oxygen atoms in total. The monoisotopic (exact) mass is 185 g/mol. The summed E-state index contributed by atoms with van der Waals surface area (Å²) in [5.41, 5.74) is 5.66. The molecule has 0 saturated heterocycles. The maximum absolute atomic E-state index is 5.66. The molecule has 4 heteroatoms. The number of guanidine groups is 1. The van der Waals surface area contributed by atoms with Crippen LogP contribution in [0.2, 0.25) is 0 Å². The average Bonchev–Trinajstić information content (AvgIpc) is 2.85. The number of nitrogens with one attached hydrogen (secondary N) is 1. The predicted octanol–water partition coefficient (Wildman–Crippen LogP) is 0.336. The molecule has 0 radical (unpaired) electrons. The zero-order valence-electron chi connectivity index (χ0n) is 8.42. The number of ether oxygens (including phenoxy) is 1. The van der Waals surface area contributed by atoms with Gasteiger partial charge in [-0.2, -0.15) is 0 Å². The summed E-state index contributed by atoms with van der Waals surface area (Å²) in [6.07, 6.45) is 2.45. The summed E-state index contributed by atoms with van der Waals surface area (Å²) in [7, 11) is 1.70. The van der Waals surface area contributed by atoms with Crippen molar-refractivity contribution in [1.29, 1.82) is 0 Å². The quantitative estimate of drug-likeness (QED) is 0.479. The molecule has 0 spiro atoms. The minimum Gasteiger partial charge on any atom is -0.384 e. The van der Waals surface area contributed by atoms with Gasteiger partial charge < -0.3 is 15.8 Å². The van der Waals surface area contributed by atoms with Crippen LogP contribution >= 0.6 is 0 Å². The van der Waals surface area contributed by atoms with Gasteiger partial charge in [-0.3, -0.25) is 4.99 Å². The lowest BCUT2D eigenvalue weighted by Crippen LogP contribution is -2.33. The van der Waals surface area contributed by atoms with Crippen molar-refractivity contribution in [3.63, 3.8) is 0 Å². The molecule has 0 heterocycles. The van der Waals surface area contributed by atoms with E-state index >= 15 is 0 Å². The Morgan fingerprint density at radius 2 is 2.38 bits per heavy atom. The van der Waals surface area contributed by atoms with Gasteiger partial charge in [-0.15, -0.1) is 0 Å². The lowest BCUT2D eigenvalue weighted by molar-refractivity contribution is 0.163. The van der Waals surface area contributed by atoms with Gasteiger partial charge >= 0.3 is 0 Å². The molecule has 1 fully saturated rings. The second-order valence-electron chi connectivity index (χ2n) is 3.71. The van der Waals surface area contributed by atoms with E-state index in [4.69, 9.17) is 10.5 Å². The molecule has 0 aromatic rings. The third-order valence-electron chi connectivity index (χ3n) is 1.95. The first-order valence-corrected chi connectivity index (χ1v) is 4.77. The van der Waals surface area contributed by atoms with Crippen LogP contribution < -0.4 is 11.1 Å². The van der Waals surface area contributed by atoms with Gasteiger partial charge in [0, 0.05) is 19.7 Å². The van der Waals surface area contributed by atoms with Crippen LogP contribution in [0, 0.1) is 5.92 Å². The smallest absolute Gasteiger partial charge is 0.188 e. The number of hydrogen-bond acceptors (Lipinski definition) is 2. The van der Waals surface area contributed by atoms with Crippen LogP contribution in [0.25, 0.3) is 0 Å². The minimum absolute atomic E-state index is 0.435. The molecule has 1 rings (SSSR count). The van der Waals surface area contributed by atoms with Crippen LogP contribution in [0.4, 0.5) is 0 Å². The third kappa shape index (κ3) is 4.72. The molecule has 3 N–H and O–H groups in total. The fraction of sp³-hybridized carbons (Fsp3) is 0.889. The summed E-state index contributed by atoms with van der Waals surface area (Å²) in [4.78, 5) is 4.23. The summed E-state index contributed by atoms with van der Waals surface area (Å²) >= 11 is 0. The van der Waals surface area contributed by atoms with Gasteiger partial charge in [0.05, 0.1) is 6.61 Å². The number of nitrogens with zero attached hydrogens (tertiary/aromatic N) is 1. The van der Waals surface area contributed by atoms with Crippen LogP contribution in [0.15, 0.2) is 4.99 Å². The van der Waals surface area contributed by atoms with Crippen molar-refractivity contribution in [2.75, 3.05) is 20.3 Å². The highest BCUT2D eigenvalue weighted by atomic mass is 16.5. The van der Waals surface area contributed by atoms with Crippen LogP contribution in [-0.4, -0.2) is 32.3 Å². The van der Waals surface area contributed by atoms with Gasteiger partial charge in [0.15, 0.2) is 5.96 Å². The van der Waals surface area contributed by atoms with Gasteiger partial charge in [-0.05, 0) is 18.8 Å². The Balaban J connectivity index is 2.12. The fourth-order valence-electron chi connectivity index (χ4n) is 1.07. The summed E-state index contributed by atoms with van der Waals surface area (Å²) in [5.74, 6) is 1.01. The molecule has 1 aliphatic rings. The van der Waals surface area contributed by atoms with E-state index in [-0.39, 0.29) is 0 Å². The van der Waals surface area contributed by atoms with E-state index in [0.29, 0.717) is 17.9 Å². The first-order chi connectivity index (χ1) is 6.22. The molecule has 1 unspecified atom stereocenters. The Hall–Kier alpha value is -0.770. The summed E-state index contributed by atoms with van der Waals surface area (Å²) in [5, 5.41) is 3.14. The molecular weight excluding hydrogens is 166 g/mol. The standard InChI is InChI=1S/C9H19N3O/c1-7(6-13-2)5-11-9(10)12-8-3-4-8/h7-8H,3-6H2,1-2H3,(H3,10,11,12). The van der Waals surface area contributed by atoms with Crippen LogP contribution in [-0.2, 0) is 4.74 Å². The van der Waals surface area contributed by atoms with E-state index in [0.717, 1.165) is 13.2 Å². The van der Waals surface area contributed by atoms with Gasteiger partial charge in [-0.25, -0.2) is 0 Å². The van der Waals surface area contributed by atoms with Gasteiger partial charge in [0.2, 0.25) is 0 Å². The number of nitrogens with two attached hydrogens (primary N) is 1. The number of aliphatic imine (C=N–C) groups is 1. The largest absolute Gasteiger partial charge is 0.384 e. The maximum Gasteiger partial charge on any atom is 0.188 e. The highest BCUT2D eigenvalue weighted by Gasteiger charge is 2.21. The van der Waals surface area contributed by atoms with E-state index in [9.17, 15) is 0 Å². The topological polar surface area (TPSA) is 59.6 Å².